The first-order valence-corrected chi connectivity index (χ1v) is 12.5. The Labute approximate surface area is 205 Å². The number of rotatable bonds is 5. The Bertz CT molecular complexity index is 1020. The van der Waals surface area contributed by atoms with Gasteiger partial charge in [0.2, 0.25) is 17.7 Å². The van der Waals surface area contributed by atoms with Crippen LogP contribution < -0.4 is 4.90 Å². The third-order valence-corrected chi connectivity index (χ3v) is 7.74. The number of para-hydroxylation sites is 1. The zero-order valence-corrected chi connectivity index (χ0v) is 20.3. The Hall–Kier alpha value is -2.98. The predicted octanol–water partition coefficient (Wildman–Crippen LogP) is 0.379. The number of ether oxygens (including phenoxy) is 1. The number of hydrogen-bond acceptors (Lipinski definition) is 6. The number of fused-ring (bicyclic) bond motifs is 3. The van der Waals surface area contributed by atoms with E-state index in [1.54, 1.807) is 26.8 Å². The van der Waals surface area contributed by atoms with E-state index in [-0.39, 0.29) is 36.6 Å². The van der Waals surface area contributed by atoms with Crippen LogP contribution in [0.3, 0.4) is 0 Å². The van der Waals surface area contributed by atoms with E-state index in [9.17, 15) is 19.2 Å². The van der Waals surface area contributed by atoms with Crippen LogP contribution in [0, 0.1) is 0 Å². The van der Waals surface area contributed by atoms with Crippen LogP contribution in [-0.4, -0.2) is 114 Å². The lowest BCUT2D eigenvalue weighted by Crippen LogP contribution is -2.62. The van der Waals surface area contributed by atoms with E-state index in [1.165, 1.54) is 0 Å². The van der Waals surface area contributed by atoms with E-state index in [2.05, 4.69) is 4.90 Å². The molecular formula is C25H33N5O5. The molecule has 1 unspecified atom stereocenters. The fraction of sp³-hybridized carbons (Fsp3) is 0.600. The van der Waals surface area contributed by atoms with Crippen molar-refractivity contribution in [3.63, 3.8) is 0 Å². The Balaban J connectivity index is 1.17. The first kappa shape index (κ1) is 23.7. The molecule has 0 saturated carbocycles. The van der Waals surface area contributed by atoms with Crippen molar-refractivity contribution in [1.82, 2.24) is 19.6 Å². The number of amides is 4. The number of piperazine rings is 1. The molecule has 0 spiro atoms. The molecule has 5 rings (SSSR count). The SMILES string of the molecule is CC12CCC(=O)N1c1ccccc1C(=O)N2CCC(=O)N1CCN(C(=O)CN2CCOCC2)CC1. The molecule has 4 heterocycles. The number of anilines is 1. The summed E-state index contributed by atoms with van der Waals surface area (Å²) >= 11 is 0. The van der Waals surface area contributed by atoms with Crippen LogP contribution in [0.5, 0.6) is 0 Å². The summed E-state index contributed by atoms with van der Waals surface area (Å²) in [6.45, 7) is 7.44. The topological polar surface area (TPSA) is 93.7 Å². The highest BCUT2D eigenvalue weighted by molar-refractivity contribution is 6.10. The molecule has 3 saturated heterocycles. The van der Waals surface area contributed by atoms with Crippen LogP contribution in [0.2, 0.25) is 0 Å². The first-order chi connectivity index (χ1) is 16.9. The molecule has 3 fully saturated rings. The monoisotopic (exact) mass is 483 g/mol. The Morgan fingerprint density at radius 1 is 0.943 bits per heavy atom. The van der Waals surface area contributed by atoms with Crippen molar-refractivity contribution in [3.05, 3.63) is 29.8 Å². The molecule has 4 amide bonds. The number of benzene rings is 1. The van der Waals surface area contributed by atoms with Gasteiger partial charge in [0.25, 0.3) is 5.91 Å². The van der Waals surface area contributed by atoms with Crippen molar-refractivity contribution in [2.75, 3.05) is 70.5 Å². The van der Waals surface area contributed by atoms with E-state index >= 15 is 0 Å². The van der Waals surface area contributed by atoms with Crippen LogP contribution >= 0.6 is 0 Å². The lowest BCUT2D eigenvalue weighted by molar-refractivity contribution is -0.141. The molecular weight excluding hydrogens is 450 g/mol. The van der Waals surface area contributed by atoms with Crippen LogP contribution in [0.4, 0.5) is 5.69 Å². The van der Waals surface area contributed by atoms with Crippen LogP contribution in [0.25, 0.3) is 0 Å². The van der Waals surface area contributed by atoms with Crippen molar-refractivity contribution in [1.29, 1.82) is 0 Å². The van der Waals surface area contributed by atoms with E-state index in [4.69, 9.17) is 4.74 Å². The summed E-state index contributed by atoms with van der Waals surface area (Å²) in [7, 11) is 0. The lowest BCUT2D eigenvalue weighted by atomic mass is 9.98. The quantitative estimate of drug-likeness (QED) is 0.601. The molecule has 4 aliphatic heterocycles. The first-order valence-electron chi connectivity index (χ1n) is 12.5. The van der Waals surface area contributed by atoms with Gasteiger partial charge in [0, 0.05) is 58.7 Å². The van der Waals surface area contributed by atoms with Crippen LogP contribution in [0.15, 0.2) is 24.3 Å². The average Bonchev–Trinajstić information content (AvgIpc) is 3.19. The third kappa shape index (κ3) is 4.40. The van der Waals surface area contributed by atoms with E-state index in [0.29, 0.717) is 70.0 Å². The second-order valence-corrected chi connectivity index (χ2v) is 9.82. The molecule has 10 heteroatoms. The largest absolute Gasteiger partial charge is 0.379 e. The number of carbonyl (C=O) groups excluding carboxylic acids is 4. The average molecular weight is 484 g/mol. The molecule has 188 valence electrons. The summed E-state index contributed by atoms with van der Waals surface area (Å²) in [6, 6.07) is 7.19. The fourth-order valence-electron chi connectivity index (χ4n) is 5.66. The summed E-state index contributed by atoms with van der Waals surface area (Å²) in [6.07, 6.45) is 1.11. The van der Waals surface area contributed by atoms with Crippen LogP contribution in [0.1, 0.15) is 36.5 Å². The third-order valence-electron chi connectivity index (χ3n) is 7.74. The molecule has 1 aromatic carbocycles. The fourth-order valence-corrected chi connectivity index (χ4v) is 5.66. The molecule has 0 bridgehead atoms. The molecule has 35 heavy (non-hydrogen) atoms. The molecule has 4 aliphatic rings. The van der Waals surface area contributed by atoms with Crippen molar-refractivity contribution >= 4 is 29.3 Å². The minimum absolute atomic E-state index is 0.00152. The summed E-state index contributed by atoms with van der Waals surface area (Å²) in [5, 5.41) is 0. The maximum Gasteiger partial charge on any atom is 0.257 e. The number of morpholine rings is 1. The van der Waals surface area contributed by atoms with E-state index in [1.807, 2.05) is 24.0 Å². The predicted molar refractivity (Wildman–Crippen MR) is 128 cm³/mol. The van der Waals surface area contributed by atoms with Crippen molar-refractivity contribution < 1.29 is 23.9 Å². The van der Waals surface area contributed by atoms with Gasteiger partial charge in [-0.2, -0.15) is 0 Å². The Morgan fingerprint density at radius 2 is 1.60 bits per heavy atom. The highest BCUT2D eigenvalue weighted by Crippen LogP contribution is 2.44. The highest BCUT2D eigenvalue weighted by atomic mass is 16.5. The number of hydrogen-bond donors (Lipinski definition) is 0. The summed E-state index contributed by atoms with van der Waals surface area (Å²) < 4.78 is 5.34. The van der Waals surface area contributed by atoms with Gasteiger partial charge in [-0.15, -0.1) is 0 Å². The molecule has 0 aromatic heterocycles. The van der Waals surface area contributed by atoms with Gasteiger partial charge in [0.15, 0.2) is 0 Å². The molecule has 0 N–H and O–H groups in total. The van der Waals surface area contributed by atoms with Gasteiger partial charge in [-0.25, -0.2) is 0 Å². The second-order valence-electron chi connectivity index (χ2n) is 9.82. The van der Waals surface area contributed by atoms with Gasteiger partial charge < -0.3 is 19.4 Å². The standard InChI is InChI=1S/C25H33N5O5/c1-25-8-6-22(32)30(25)20-5-3-2-4-19(20)24(34)29(25)9-7-21(31)27-10-12-28(13-11-27)23(33)18-26-14-16-35-17-15-26/h2-5H,6-18H2,1H3. The Morgan fingerprint density at radius 3 is 2.31 bits per heavy atom. The molecule has 10 nitrogen and oxygen atoms in total. The zero-order chi connectivity index (χ0) is 24.6. The minimum Gasteiger partial charge on any atom is -0.379 e. The summed E-state index contributed by atoms with van der Waals surface area (Å²) in [5.74, 6) is -0.0751. The van der Waals surface area contributed by atoms with Gasteiger partial charge in [0.05, 0.1) is 31.0 Å². The van der Waals surface area contributed by atoms with Crippen molar-refractivity contribution in [3.8, 4) is 0 Å². The zero-order valence-electron chi connectivity index (χ0n) is 20.3. The normalized spacial score (nSPS) is 25.1. The maximum absolute atomic E-state index is 13.3. The van der Waals surface area contributed by atoms with Gasteiger partial charge in [0.1, 0.15) is 5.66 Å². The Kier molecular flexibility index (Phi) is 6.50. The molecule has 0 aliphatic carbocycles. The number of carbonyl (C=O) groups is 4. The minimum atomic E-state index is -0.757. The van der Waals surface area contributed by atoms with Gasteiger partial charge in [-0.3, -0.25) is 29.0 Å². The van der Waals surface area contributed by atoms with Crippen LogP contribution in [-0.2, 0) is 19.1 Å². The molecule has 1 aromatic rings. The van der Waals surface area contributed by atoms with Crippen molar-refractivity contribution in [2.45, 2.75) is 31.8 Å². The summed E-state index contributed by atoms with van der Waals surface area (Å²) in [5.41, 5.74) is 0.399. The maximum atomic E-state index is 13.3. The lowest BCUT2D eigenvalue weighted by Gasteiger charge is -2.48. The van der Waals surface area contributed by atoms with Gasteiger partial charge in [-0.1, -0.05) is 12.1 Å². The van der Waals surface area contributed by atoms with Crippen molar-refractivity contribution in [2.24, 2.45) is 0 Å². The van der Waals surface area contributed by atoms with Gasteiger partial charge >= 0.3 is 0 Å². The smallest absolute Gasteiger partial charge is 0.257 e. The second kappa shape index (κ2) is 9.58. The molecule has 1 atom stereocenters. The highest BCUT2D eigenvalue weighted by Gasteiger charge is 2.52. The summed E-state index contributed by atoms with van der Waals surface area (Å²) in [4.78, 5) is 60.9. The molecule has 0 radical (unpaired) electrons. The number of nitrogens with zero attached hydrogens (tertiary/aromatic N) is 5. The van der Waals surface area contributed by atoms with E-state index in [0.717, 1.165) is 13.1 Å². The van der Waals surface area contributed by atoms with Gasteiger partial charge in [-0.05, 0) is 25.5 Å². The van der Waals surface area contributed by atoms with E-state index < -0.39 is 5.66 Å².